The van der Waals surface area contributed by atoms with E-state index in [1.54, 1.807) is 6.07 Å². The highest BCUT2D eigenvalue weighted by Gasteiger charge is 2.18. The first kappa shape index (κ1) is 13.8. The van der Waals surface area contributed by atoms with Crippen molar-refractivity contribution in [2.45, 2.75) is 19.9 Å². The Labute approximate surface area is 106 Å². The molecule has 0 heterocycles. The SMILES string of the molecule is COc1ccc(C(=O)NC(C#N)C(C)C)c(O)c1. The maximum Gasteiger partial charge on any atom is 0.256 e. The fraction of sp³-hybridized carbons (Fsp3) is 0.385. The fourth-order valence-corrected chi connectivity index (χ4v) is 1.40. The molecular formula is C13H16N2O3. The minimum absolute atomic E-state index is 0.000610. The first-order valence-corrected chi connectivity index (χ1v) is 5.57. The van der Waals surface area contributed by atoms with Crippen molar-refractivity contribution >= 4 is 5.91 Å². The molecule has 0 saturated carbocycles. The molecule has 5 heteroatoms. The minimum atomic E-state index is -0.584. The molecule has 1 unspecified atom stereocenters. The van der Waals surface area contributed by atoms with Gasteiger partial charge in [-0.05, 0) is 18.1 Å². The number of carbonyl (C=O) groups is 1. The van der Waals surface area contributed by atoms with E-state index in [-0.39, 0.29) is 17.2 Å². The molecule has 0 aliphatic carbocycles. The number of nitrogens with zero attached hydrogens (tertiary/aromatic N) is 1. The molecule has 5 nitrogen and oxygen atoms in total. The normalized spacial score (nSPS) is 11.7. The molecule has 2 N–H and O–H groups in total. The molecule has 1 atom stereocenters. The Morgan fingerprint density at radius 1 is 1.50 bits per heavy atom. The summed E-state index contributed by atoms with van der Waals surface area (Å²) in [5.74, 6) is -0.188. The van der Waals surface area contributed by atoms with Gasteiger partial charge in [-0.1, -0.05) is 13.8 Å². The summed E-state index contributed by atoms with van der Waals surface area (Å²) in [5.41, 5.74) is 0.122. The molecule has 0 fully saturated rings. The average Bonchev–Trinajstić information content (AvgIpc) is 2.34. The van der Waals surface area contributed by atoms with Crippen molar-refractivity contribution in [3.8, 4) is 17.6 Å². The third kappa shape index (κ3) is 3.14. The molecule has 0 aliphatic rings. The third-order valence-corrected chi connectivity index (χ3v) is 2.54. The topological polar surface area (TPSA) is 82.3 Å². The summed E-state index contributed by atoms with van der Waals surface area (Å²) in [6.45, 7) is 3.67. The monoisotopic (exact) mass is 248 g/mol. The van der Waals surface area contributed by atoms with Crippen LogP contribution in [0.1, 0.15) is 24.2 Å². The number of ether oxygens (including phenoxy) is 1. The van der Waals surface area contributed by atoms with E-state index in [4.69, 9.17) is 10.00 Å². The van der Waals surface area contributed by atoms with Gasteiger partial charge in [-0.3, -0.25) is 4.79 Å². The van der Waals surface area contributed by atoms with Gasteiger partial charge in [-0.2, -0.15) is 5.26 Å². The number of phenols is 1. The van der Waals surface area contributed by atoms with Crippen LogP contribution in [0.4, 0.5) is 0 Å². The van der Waals surface area contributed by atoms with Crippen molar-refractivity contribution in [3.05, 3.63) is 23.8 Å². The quantitative estimate of drug-likeness (QED) is 0.849. The number of methoxy groups -OCH3 is 1. The summed E-state index contributed by atoms with van der Waals surface area (Å²) >= 11 is 0. The van der Waals surface area contributed by atoms with Gasteiger partial charge >= 0.3 is 0 Å². The standard InChI is InChI=1S/C13H16N2O3/c1-8(2)11(7-14)15-13(17)10-5-4-9(18-3)6-12(10)16/h4-6,8,11,16H,1-3H3,(H,15,17). The second-order valence-corrected chi connectivity index (χ2v) is 4.21. The number of hydrogen-bond donors (Lipinski definition) is 2. The second-order valence-electron chi connectivity index (χ2n) is 4.21. The number of aromatic hydroxyl groups is 1. The molecule has 0 aliphatic heterocycles. The van der Waals surface area contributed by atoms with Gasteiger partial charge in [0.25, 0.3) is 5.91 Å². The summed E-state index contributed by atoms with van der Waals surface area (Å²) in [5, 5.41) is 21.1. The lowest BCUT2D eigenvalue weighted by Crippen LogP contribution is -2.37. The van der Waals surface area contributed by atoms with Crippen LogP contribution in [-0.2, 0) is 0 Å². The van der Waals surface area contributed by atoms with Gasteiger partial charge in [0, 0.05) is 6.07 Å². The highest BCUT2D eigenvalue weighted by Crippen LogP contribution is 2.23. The molecule has 0 saturated heterocycles. The largest absolute Gasteiger partial charge is 0.507 e. The molecule has 0 radical (unpaired) electrons. The Morgan fingerprint density at radius 2 is 2.17 bits per heavy atom. The van der Waals surface area contributed by atoms with Crippen molar-refractivity contribution in [2.24, 2.45) is 5.92 Å². The summed E-state index contributed by atoms with van der Waals surface area (Å²) in [7, 11) is 1.47. The zero-order chi connectivity index (χ0) is 13.7. The molecular weight excluding hydrogens is 232 g/mol. The first-order valence-electron chi connectivity index (χ1n) is 5.57. The van der Waals surface area contributed by atoms with Gasteiger partial charge in [0.05, 0.1) is 18.7 Å². The fourth-order valence-electron chi connectivity index (χ4n) is 1.40. The Morgan fingerprint density at radius 3 is 2.61 bits per heavy atom. The Kier molecular flexibility index (Phi) is 4.55. The predicted molar refractivity (Wildman–Crippen MR) is 66.4 cm³/mol. The van der Waals surface area contributed by atoms with E-state index in [1.165, 1.54) is 19.2 Å². The Bertz CT molecular complexity index is 478. The van der Waals surface area contributed by atoms with Crippen LogP contribution >= 0.6 is 0 Å². The number of nitriles is 1. The van der Waals surface area contributed by atoms with Crippen LogP contribution in [0.3, 0.4) is 0 Å². The summed E-state index contributed by atoms with van der Waals surface area (Å²) in [6.07, 6.45) is 0. The lowest BCUT2D eigenvalue weighted by Gasteiger charge is -2.15. The molecule has 18 heavy (non-hydrogen) atoms. The number of hydrogen-bond acceptors (Lipinski definition) is 4. The lowest BCUT2D eigenvalue weighted by atomic mass is 10.1. The summed E-state index contributed by atoms with van der Waals surface area (Å²) < 4.78 is 4.93. The highest BCUT2D eigenvalue weighted by atomic mass is 16.5. The molecule has 96 valence electrons. The molecule has 0 bridgehead atoms. The van der Waals surface area contributed by atoms with Gasteiger partial charge in [0.1, 0.15) is 17.5 Å². The average molecular weight is 248 g/mol. The molecule has 0 aromatic heterocycles. The zero-order valence-electron chi connectivity index (χ0n) is 10.6. The number of rotatable bonds is 4. The van der Waals surface area contributed by atoms with Crippen molar-refractivity contribution in [2.75, 3.05) is 7.11 Å². The number of amides is 1. The summed E-state index contributed by atoms with van der Waals surface area (Å²) in [6, 6.07) is 5.81. The van der Waals surface area contributed by atoms with Crippen LogP contribution in [-0.4, -0.2) is 24.2 Å². The third-order valence-electron chi connectivity index (χ3n) is 2.54. The number of phenolic OH excluding ortho intramolecular Hbond substituents is 1. The molecule has 1 amide bonds. The second kappa shape index (κ2) is 5.92. The smallest absolute Gasteiger partial charge is 0.256 e. The van der Waals surface area contributed by atoms with E-state index < -0.39 is 11.9 Å². The van der Waals surface area contributed by atoms with E-state index in [0.717, 1.165) is 0 Å². The predicted octanol–water partition coefficient (Wildman–Crippen LogP) is 1.68. The number of benzene rings is 1. The van der Waals surface area contributed by atoms with Gasteiger partial charge in [-0.25, -0.2) is 0 Å². The first-order chi connectivity index (χ1) is 8.49. The zero-order valence-corrected chi connectivity index (χ0v) is 10.6. The van der Waals surface area contributed by atoms with E-state index >= 15 is 0 Å². The minimum Gasteiger partial charge on any atom is -0.507 e. The van der Waals surface area contributed by atoms with Crippen LogP contribution in [0.5, 0.6) is 11.5 Å². The van der Waals surface area contributed by atoms with Crippen LogP contribution in [0.2, 0.25) is 0 Å². The van der Waals surface area contributed by atoms with Crippen LogP contribution in [0, 0.1) is 17.2 Å². The Hall–Kier alpha value is -2.22. The maximum absolute atomic E-state index is 11.9. The molecule has 1 rings (SSSR count). The van der Waals surface area contributed by atoms with Crippen molar-refractivity contribution in [1.29, 1.82) is 5.26 Å². The van der Waals surface area contributed by atoms with Crippen LogP contribution in [0.25, 0.3) is 0 Å². The van der Waals surface area contributed by atoms with Crippen molar-refractivity contribution in [1.82, 2.24) is 5.32 Å². The van der Waals surface area contributed by atoms with Crippen LogP contribution in [0.15, 0.2) is 18.2 Å². The van der Waals surface area contributed by atoms with Gasteiger partial charge in [0.15, 0.2) is 0 Å². The molecule has 0 spiro atoms. The van der Waals surface area contributed by atoms with Crippen molar-refractivity contribution < 1.29 is 14.6 Å². The van der Waals surface area contributed by atoms with E-state index in [0.29, 0.717) is 5.75 Å². The van der Waals surface area contributed by atoms with E-state index in [1.807, 2.05) is 19.9 Å². The van der Waals surface area contributed by atoms with Gasteiger partial charge in [-0.15, -0.1) is 0 Å². The molecule has 1 aromatic rings. The number of carbonyl (C=O) groups excluding carboxylic acids is 1. The van der Waals surface area contributed by atoms with Crippen LogP contribution < -0.4 is 10.1 Å². The number of nitrogens with one attached hydrogen (secondary N) is 1. The van der Waals surface area contributed by atoms with Gasteiger partial charge < -0.3 is 15.2 Å². The van der Waals surface area contributed by atoms with E-state index in [2.05, 4.69) is 5.32 Å². The maximum atomic E-state index is 11.9. The highest BCUT2D eigenvalue weighted by molar-refractivity contribution is 5.97. The van der Waals surface area contributed by atoms with Crippen molar-refractivity contribution in [3.63, 3.8) is 0 Å². The van der Waals surface area contributed by atoms with E-state index in [9.17, 15) is 9.90 Å². The van der Waals surface area contributed by atoms with Gasteiger partial charge in [0.2, 0.25) is 0 Å². The summed E-state index contributed by atoms with van der Waals surface area (Å²) in [4.78, 5) is 11.9. The lowest BCUT2D eigenvalue weighted by molar-refractivity contribution is 0.0935. The Balaban J connectivity index is 2.88. The molecule has 1 aromatic carbocycles.